The van der Waals surface area contributed by atoms with E-state index in [0.717, 1.165) is 17.7 Å². The molecule has 0 aromatic heterocycles. The molecule has 5 heteroatoms. The molecule has 1 N–H and O–H groups in total. The zero-order chi connectivity index (χ0) is 17.5. The highest BCUT2D eigenvalue weighted by Gasteiger charge is 2.17. The molecule has 0 radical (unpaired) electrons. The smallest absolute Gasteiger partial charge is 0.253 e. The van der Waals surface area contributed by atoms with Gasteiger partial charge in [-0.05, 0) is 55.3 Å². The van der Waals surface area contributed by atoms with Gasteiger partial charge >= 0.3 is 0 Å². The van der Waals surface area contributed by atoms with Crippen LogP contribution in [0.1, 0.15) is 22.8 Å². The van der Waals surface area contributed by atoms with Gasteiger partial charge in [0.15, 0.2) is 0 Å². The van der Waals surface area contributed by atoms with Crippen molar-refractivity contribution in [1.82, 2.24) is 4.90 Å². The van der Waals surface area contributed by atoms with Gasteiger partial charge in [-0.1, -0.05) is 12.1 Å². The number of ether oxygens (including phenoxy) is 1. The van der Waals surface area contributed by atoms with Crippen LogP contribution in [0, 0.1) is 0 Å². The minimum Gasteiger partial charge on any atom is -0.497 e. The van der Waals surface area contributed by atoms with E-state index in [-0.39, 0.29) is 11.9 Å². The number of benzene rings is 2. The Kier molecular flexibility index (Phi) is 5.95. The van der Waals surface area contributed by atoms with Crippen LogP contribution in [-0.2, 0) is 11.2 Å². The molecule has 24 heavy (non-hydrogen) atoms. The van der Waals surface area contributed by atoms with E-state index in [1.807, 2.05) is 31.2 Å². The van der Waals surface area contributed by atoms with Crippen LogP contribution in [0.5, 0.6) is 5.75 Å². The highest BCUT2D eigenvalue weighted by atomic mass is 16.5. The Labute approximate surface area is 142 Å². The molecule has 2 aromatic rings. The maximum Gasteiger partial charge on any atom is 0.253 e. The van der Waals surface area contributed by atoms with Gasteiger partial charge in [0.05, 0.1) is 7.11 Å². The molecule has 2 amide bonds. The van der Waals surface area contributed by atoms with Crippen molar-refractivity contribution in [3.05, 3.63) is 59.7 Å². The summed E-state index contributed by atoms with van der Waals surface area (Å²) in [5.74, 6) is 0.772. The average molecular weight is 326 g/mol. The van der Waals surface area contributed by atoms with E-state index in [9.17, 15) is 9.59 Å². The number of nitrogens with one attached hydrogen (secondary N) is 1. The van der Waals surface area contributed by atoms with Gasteiger partial charge in [0.25, 0.3) is 5.91 Å². The summed E-state index contributed by atoms with van der Waals surface area (Å²) in [7, 11) is 3.44. The van der Waals surface area contributed by atoms with Crippen LogP contribution in [0.2, 0.25) is 0 Å². The third-order valence-corrected chi connectivity index (χ3v) is 4.03. The molecule has 0 saturated carbocycles. The standard InChI is InChI=1S/C19H22N2O3/c1-14(12-15-4-10-18(24-3)11-5-15)21(2)19(23)16-6-8-17(9-7-16)20-13-22/h4-11,13-14H,12H2,1-3H3,(H,20,22)/t14-/m0/s1. The molecule has 0 aliphatic rings. The Hall–Kier alpha value is -2.82. The van der Waals surface area contributed by atoms with Crippen LogP contribution in [-0.4, -0.2) is 37.4 Å². The Morgan fingerprint density at radius 1 is 1.17 bits per heavy atom. The van der Waals surface area contributed by atoms with Crippen LogP contribution in [0.4, 0.5) is 5.69 Å². The van der Waals surface area contributed by atoms with Gasteiger partial charge in [0, 0.05) is 24.3 Å². The van der Waals surface area contributed by atoms with Crippen LogP contribution in [0.15, 0.2) is 48.5 Å². The van der Waals surface area contributed by atoms with Gasteiger partial charge in [-0.2, -0.15) is 0 Å². The van der Waals surface area contributed by atoms with E-state index < -0.39 is 0 Å². The maximum absolute atomic E-state index is 12.6. The molecule has 0 heterocycles. The SMILES string of the molecule is COc1ccc(C[C@H](C)N(C)C(=O)c2ccc(NC=O)cc2)cc1. The maximum atomic E-state index is 12.6. The van der Waals surface area contributed by atoms with E-state index in [1.54, 1.807) is 43.3 Å². The molecule has 0 aliphatic carbocycles. The summed E-state index contributed by atoms with van der Waals surface area (Å²) < 4.78 is 5.15. The monoisotopic (exact) mass is 326 g/mol. The topological polar surface area (TPSA) is 58.6 Å². The second-order valence-electron chi connectivity index (χ2n) is 5.66. The second-order valence-corrected chi connectivity index (χ2v) is 5.66. The van der Waals surface area contributed by atoms with Gasteiger partial charge in [0.2, 0.25) is 6.41 Å². The minimum absolute atomic E-state index is 0.0475. The molecular formula is C19H22N2O3. The number of carbonyl (C=O) groups is 2. The molecule has 126 valence electrons. The largest absolute Gasteiger partial charge is 0.497 e. The number of rotatable bonds is 7. The number of amides is 2. The number of carbonyl (C=O) groups excluding carboxylic acids is 2. The number of nitrogens with zero attached hydrogens (tertiary/aromatic N) is 1. The number of hydrogen-bond donors (Lipinski definition) is 1. The fraction of sp³-hybridized carbons (Fsp3) is 0.263. The molecule has 5 nitrogen and oxygen atoms in total. The van der Waals surface area contributed by atoms with Crippen LogP contribution in [0.25, 0.3) is 0 Å². The van der Waals surface area contributed by atoms with Crippen molar-refractivity contribution in [2.75, 3.05) is 19.5 Å². The zero-order valence-electron chi connectivity index (χ0n) is 14.2. The Morgan fingerprint density at radius 2 is 1.79 bits per heavy atom. The van der Waals surface area contributed by atoms with Gasteiger partial charge in [-0.15, -0.1) is 0 Å². The van der Waals surface area contributed by atoms with Crippen molar-refractivity contribution in [2.45, 2.75) is 19.4 Å². The summed E-state index contributed by atoms with van der Waals surface area (Å²) in [6, 6.07) is 14.8. The van der Waals surface area contributed by atoms with Crippen molar-refractivity contribution in [3.8, 4) is 5.75 Å². The third-order valence-electron chi connectivity index (χ3n) is 4.03. The summed E-state index contributed by atoms with van der Waals surface area (Å²) >= 11 is 0. The normalized spacial score (nSPS) is 11.5. The highest BCUT2D eigenvalue weighted by molar-refractivity contribution is 5.94. The molecule has 0 spiro atoms. The van der Waals surface area contributed by atoms with E-state index in [1.165, 1.54) is 0 Å². The fourth-order valence-electron chi connectivity index (χ4n) is 2.42. The first-order valence-corrected chi connectivity index (χ1v) is 7.75. The summed E-state index contributed by atoms with van der Waals surface area (Å²) in [6.07, 6.45) is 1.37. The Morgan fingerprint density at radius 3 is 2.33 bits per heavy atom. The average Bonchev–Trinajstić information content (AvgIpc) is 2.62. The third kappa shape index (κ3) is 4.35. The van der Waals surface area contributed by atoms with Crippen molar-refractivity contribution in [2.24, 2.45) is 0 Å². The van der Waals surface area contributed by atoms with Crippen molar-refractivity contribution in [3.63, 3.8) is 0 Å². The summed E-state index contributed by atoms with van der Waals surface area (Å²) in [6.45, 7) is 2.02. The molecule has 0 saturated heterocycles. The number of likely N-dealkylation sites (N-methyl/N-ethyl adjacent to an activating group) is 1. The molecule has 0 fully saturated rings. The van der Waals surface area contributed by atoms with Crippen LogP contribution in [0.3, 0.4) is 0 Å². The van der Waals surface area contributed by atoms with Crippen LogP contribution >= 0.6 is 0 Å². The molecule has 1 atom stereocenters. The number of methoxy groups -OCH3 is 1. The molecule has 0 aliphatic heterocycles. The lowest BCUT2D eigenvalue weighted by atomic mass is 10.0. The lowest BCUT2D eigenvalue weighted by Crippen LogP contribution is -2.36. The van der Waals surface area contributed by atoms with E-state index in [0.29, 0.717) is 17.7 Å². The van der Waals surface area contributed by atoms with Crippen molar-refractivity contribution in [1.29, 1.82) is 0 Å². The Bertz CT molecular complexity index is 681. The molecule has 0 unspecified atom stereocenters. The Balaban J connectivity index is 2.01. The van der Waals surface area contributed by atoms with E-state index in [4.69, 9.17) is 4.74 Å². The van der Waals surface area contributed by atoms with Crippen molar-refractivity contribution < 1.29 is 14.3 Å². The molecule has 2 rings (SSSR count). The molecular weight excluding hydrogens is 304 g/mol. The second kappa shape index (κ2) is 8.15. The van der Waals surface area contributed by atoms with Gasteiger partial charge < -0.3 is 15.0 Å². The first kappa shape index (κ1) is 17.5. The van der Waals surface area contributed by atoms with E-state index in [2.05, 4.69) is 5.32 Å². The van der Waals surface area contributed by atoms with Gasteiger partial charge in [-0.25, -0.2) is 0 Å². The van der Waals surface area contributed by atoms with Gasteiger partial charge in [0.1, 0.15) is 5.75 Å². The lowest BCUT2D eigenvalue weighted by molar-refractivity contribution is -0.105. The van der Waals surface area contributed by atoms with Crippen LogP contribution < -0.4 is 10.1 Å². The van der Waals surface area contributed by atoms with E-state index >= 15 is 0 Å². The first-order chi connectivity index (χ1) is 11.5. The number of hydrogen-bond acceptors (Lipinski definition) is 3. The summed E-state index contributed by atoms with van der Waals surface area (Å²) in [5.41, 5.74) is 2.40. The van der Waals surface area contributed by atoms with Crippen molar-refractivity contribution >= 4 is 18.0 Å². The number of anilines is 1. The molecule has 2 aromatic carbocycles. The minimum atomic E-state index is -0.0475. The predicted octanol–water partition coefficient (Wildman–Crippen LogP) is 2.97. The first-order valence-electron chi connectivity index (χ1n) is 7.75. The fourth-order valence-corrected chi connectivity index (χ4v) is 2.42. The summed E-state index contributed by atoms with van der Waals surface area (Å²) in [4.78, 5) is 24.7. The molecule has 0 bridgehead atoms. The highest BCUT2D eigenvalue weighted by Crippen LogP contribution is 2.16. The lowest BCUT2D eigenvalue weighted by Gasteiger charge is -2.25. The predicted molar refractivity (Wildman–Crippen MR) is 94.4 cm³/mol. The van der Waals surface area contributed by atoms with Gasteiger partial charge in [-0.3, -0.25) is 9.59 Å². The quantitative estimate of drug-likeness (QED) is 0.796. The zero-order valence-corrected chi connectivity index (χ0v) is 14.2. The summed E-state index contributed by atoms with van der Waals surface area (Å²) in [5, 5.41) is 2.55.